The van der Waals surface area contributed by atoms with Gasteiger partial charge < -0.3 is 12.9 Å². The molecule has 9 nitrogen and oxygen atoms in total. The molecule has 6 N–H and O–H groups in total. The molecule has 19 heavy (non-hydrogen) atoms. The second-order valence-corrected chi connectivity index (χ2v) is 2.83. The van der Waals surface area contributed by atoms with Crippen molar-refractivity contribution in [3.8, 4) is 0 Å². The van der Waals surface area contributed by atoms with Gasteiger partial charge in [0.25, 0.3) is 0 Å². The summed E-state index contributed by atoms with van der Waals surface area (Å²) in [4.78, 5) is 19.3. The van der Waals surface area contributed by atoms with Crippen molar-refractivity contribution in [1.82, 2.24) is 11.0 Å². The topological polar surface area (TPSA) is 155 Å². The summed E-state index contributed by atoms with van der Waals surface area (Å²) in [5, 5.41) is 21.4. The second-order valence-electron chi connectivity index (χ2n) is 2.83. The molecule has 0 saturated heterocycles. The zero-order valence-corrected chi connectivity index (χ0v) is 12.5. The van der Waals surface area contributed by atoms with Gasteiger partial charge in [-0.15, -0.1) is 9.81 Å². The van der Waals surface area contributed by atoms with Crippen LogP contribution in [0.2, 0.25) is 0 Å². The quantitative estimate of drug-likeness (QED) is 0.349. The molecule has 0 rings (SSSR count). The largest absolute Gasteiger partial charge is 0.412 e. The summed E-state index contributed by atoms with van der Waals surface area (Å²) < 4.78 is 0. The van der Waals surface area contributed by atoms with E-state index >= 15 is 0 Å². The number of allylic oxidation sites excluding steroid dienone is 4. The van der Waals surface area contributed by atoms with Gasteiger partial charge in [0.05, 0.1) is 11.4 Å². The number of hydrogen-bond donors (Lipinski definition) is 4. The summed E-state index contributed by atoms with van der Waals surface area (Å²) >= 11 is 0. The van der Waals surface area contributed by atoms with Crippen molar-refractivity contribution in [2.45, 2.75) is 27.7 Å². The number of nitrogens with one attached hydrogen (secondary N) is 2. The molecule has 0 aliphatic rings. The van der Waals surface area contributed by atoms with Crippen LogP contribution in [0.1, 0.15) is 27.7 Å². The number of nitroso groups, excluding NO2 is 2. The Labute approximate surface area is 122 Å². The smallest absolute Gasteiger partial charge is 0.103 e. The van der Waals surface area contributed by atoms with Crippen molar-refractivity contribution in [2.75, 3.05) is 0 Å². The van der Waals surface area contributed by atoms with E-state index in [0.29, 0.717) is 11.4 Å². The molecule has 0 aromatic heterocycles. The molecule has 0 bridgehead atoms. The van der Waals surface area contributed by atoms with E-state index in [9.17, 15) is 9.81 Å². The molecule has 0 aliphatic heterocycles. The van der Waals surface area contributed by atoms with Crippen LogP contribution < -0.4 is 11.0 Å². The van der Waals surface area contributed by atoms with Gasteiger partial charge in [0.1, 0.15) is 11.4 Å². The normalized spacial score (nSPS) is 10.4. The maximum Gasteiger partial charge on any atom is 0.103 e. The molecule has 0 atom stereocenters. The van der Waals surface area contributed by atoms with Crippen LogP contribution in [0.4, 0.5) is 0 Å². The van der Waals surface area contributed by atoms with Crippen LogP contribution in [0, 0.1) is 17.2 Å². The number of hydrogen-bond acceptors (Lipinski definition) is 8. The van der Waals surface area contributed by atoms with Crippen molar-refractivity contribution in [1.29, 1.82) is 0 Å². The van der Waals surface area contributed by atoms with Crippen molar-refractivity contribution in [3.05, 3.63) is 40.0 Å². The van der Waals surface area contributed by atoms with E-state index in [1.807, 2.05) is 0 Å². The van der Waals surface area contributed by atoms with E-state index < -0.39 is 0 Å². The Morgan fingerprint density at radius 2 is 1.05 bits per heavy atom. The Bertz CT molecular complexity index is 277. The Kier molecular flexibility index (Phi) is 30.6. The maximum atomic E-state index is 9.65. The summed E-state index contributed by atoms with van der Waals surface area (Å²) in [6.45, 7) is 6.12. The molecule has 0 spiro atoms. The zero-order chi connectivity index (χ0) is 13.1. The molecule has 0 saturated carbocycles. The van der Waals surface area contributed by atoms with Crippen LogP contribution in [0.5, 0.6) is 0 Å². The first kappa shape index (κ1) is 30.6. The van der Waals surface area contributed by atoms with Gasteiger partial charge in [0, 0.05) is 16.8 Å². The van der Waals surface area contributed by atoms with Crippen LogP contribution in [0.25, 0.3) is 0 Å². The maximum absolute atomic E-state index is 9.65. The average Bonchev–Trinajstić information content (AvgIpc) is 2.35. The third kappa shape index (κ3) is 16.7. The second kappa shape index (κ2) is 19.0. The van der Waals surface area contributed by atoms with Crippen LogP contribution in [0.3, 0.4) is 0 Å². The van der Waals surface area contributed by atoms with Gasteiger partial charge in [-0.2, -0.15) is 0 Å². The molecule has 117 valence electrons. The van der Waals surface area contributed by atoms with Gasteiger partial charge >= 0.3 is 0 Å². The molecule has 0 heterocycles. The average molecular weight is 324 g/mol. The van der Waals surface area contributed by atoms with Gasteiger partial charge in [-0.05, 0) is 38.0 Å². The third-order valence-electron chi connectivity index (χ3n) is 1.69. The molecule has 0 amide bonds. The number of nitrogens with zero attached hydrogens (tertiary/aromatic N) is 2. The first-order valence-electron chi connectivity index (χ1n) is 4.26. The predicted molar refractivity (Wildman–Crippen MR) is 68.2 cm³/mol. The molecule has 0 aliphatic carbocycles. The fourth-order valence-corrected chi connectivity index (χ4v) is 0.299. The van der Waals surface area contributed by atoms with Gasteiger partial charge in [-0.25, -0.2) is 0 Å². The Balaban J connectivity index is -0.0000000594. The molecule has 10 heteroatoms. The van der Waals surface area contributed by atoms with Gasteiger partial charge in [0.2, 0.25) is 0 Å². The van der Waals surface area contributed by atoms with E-state index in [4.69, 9.17) is 10.4 Å². The minimum absolute atomic E-state index is 0. The molecular weight excluding hydrogens is 303 g/mol. The fourth-order valence-electron chi connectivity index (χ4n) is 0.299. The molecule has 0 aromatic rings. The van der Waals surface area contributed by atoms with Crippen molar-refractivity contribution >= 4 is 0 Å². The van der Waals surface area contributed by atoms with E-state index in [-0.39, 0.29) is 41.1 Å². The van der Waals surface area contributed by atoms with Gasteiger partial charge in [0.15, 0.2) is 0 Å². The van der Waals surface area contributed by atoms with E-state index in [1.165, 1.54) is 13.8 Å². The summed E-state index contributed by atoms with van der Waals surface area (Å²) in [5.41, 5.74) is 4.87. The van der Waals surface area contributed by atoms with Crippen LogP contribution in [-0.2, 0) is 16.8 Å². The third-order valence-corrected chi connectivity index (χ3v) is 1.69. The SMILES string of the molecule is CC(N=O)=C(C)NO.CC(N=O)=C(C)NO.O.[CH3-].[Co]. The summed E-state index contributed by atoms with van der Waals surface area (Å²) in [6, 6.07) is 0. The minimum atomic E-state index is 0. The minimum Gasteiger partial charge on any atom is -0.412 e. The monoisotopic (exact) mass is 324 g/mol. The first-order valence-corrected chi connectivity index (χ1v) is 4.26. The Morgan fingerprint density at radius 1 is 0.842 bits per heavy atom. The van der Waals surface area contributed by atoms with Crippen LogP contribution >= 0.6 is 0 Å². The molecule has 0 fully saturated rings. The number of rotatable bonds is 4. The predicted octanol–water partition coefficient (Wildman–Crippen LogP) is 1.59. The summed E-state index contributed by atoms with van der Waals surface area (Å²) in [5.74, 6) is 0. The van der Waals surface area contributed by atoms with Crippen LogP contribution in [0.15, 0.2) is 33.1 Å². The standard InChI is InChI=1S/2C4H8N2O2.CH3.Co.H2O/c2*1-3(5-7)4(2)6-8;;;/h2*5,7H,1-2H3;1H3;;1H2/q;;-1;;. The fraction of sp³-hybridized carbons (Fsp3) is 0.444. The zero-order valence-electron chi connectivity index (χ0n) is 11.4. The molecular formula is C9H21CoN4O5-. The Morgan fingerprint density at radius 3 is 1.11 bits per heavy atom. The van der Waals surface area contributed by atoms with E-state index in [0.717, 1.165) is 0 Å². The molecule has 1 radical (unpaired) electrons. The molecule has 0 unspecified atom stereocenters. The van der Waals surface area contributed by atoms with Gasteiger partial charge in [-0.3, -0.25) is 21.4 Å². The number of hydroxylamine groups is 2. The first-order chi connectivity index (χ1) is 7.44. The molecule has 0 aromatic carbocycles. The van der Waals surface area contributed by atoms with E-state index in [2.05, 4.69) is 10.4 Å². The van der Waals surface area contributed by atoms with Crippen molar-refractivity contribution < 1.29 is 32.7 Å². The summed E-state index contributed by atoms with van der Waals surface area (Å²) in [6.07, 6.45) is 0. The van der Waals surface area contributed by atoms with E-state index in [1.54, 1.807) is 24.8 Å². The van der Waals surface area contributed by atoms with Crippen molar-refractivity contribution in [3.63, 3.8) is 0 Å². The van der Waals surface area contributed by atoms with Gasteiger partial charge in [-0.1, -0.05) is 0 Å². The summed E-state index contributed by atoms with van der Waals surface area (Å²) in [7, 11) is 0. The van der Waals surface area contributed by atoms with Crippen LogP contribution in [-0.4, -0.2) is 15.9 Å². The Hall–Kier alpha value is -1.33. The van der Waals surface area contributed by atoms with Crippen molar-refractivity contribution in [2.24, 2.45) is 10.4 Å².